The molecule has 0 aliphatic rings. The van der Waals surface area contributed by atoms with Crippen LogP contribution in [0.4, 0.5) is 4.39 Å². The highest BCUT2D eigenvalue weighted by molar-refractivity contribution is 7.89. The Morgan fingerprint density at radius 2 is 2.00 bits per heavy atom. The third-order valence-electron chi connectivity index (χ3n) is 2.94. The number of hydrogen-bond donors (Lipinski definition) is 1. The number of sulfonamides is 1. The molecular weight excluding hydrogens is 347 g/mol. The Morgan fingerprint density at radius 3 is 2.73 bits per heavy atom. The second kappa shape index (κ2) is 5.92. The molecule has 0 radical (unpaired) electrons. The van der Waals surface area contributed by atoms with Crippen molar-refractivity contribution >= 4 is 43.2 Å². The van der Waals surface area contributed by atoms with Gasteiger partial charge in [-0.1, -0.05) is 23.7 Å². The smallest absolute Gasteiger partial charge is 0.240 e. The van der Waals surface area contributed by atoms with Gasteiger partial charge in [0.25, 0.3) is 0 Å². The van der Waals surface area contributed by atoms with Gasteiger partial charge in [0.2, 0.25) is 10.0 Å². The average Bonchev–Trinajstić information content (AvgIpc) is 2.87. The van der Waals surface area contributed by atoms with Crippen molar-refractivity contribution in [2.75, 3.05) is 0 Å². The SMILES string of the molecule is O=S(=O)(NCc1nc2ccccc2s1)c1ccc(F)cc1Cl. The lowest BCUT2D eigenvalue weighted by Crippen LogP contribution is -2.23. The molecule has 0 saturated carbocycles. The van der Waals surface area contributed by atoms with Gasteiger partial charge in [0.1, 0.15) is 15.7 Å². The molecule has 3 aromatic rings. The number of nitrogens with zero attached hydrogens (tertiary/aromatic N) is 1. The maximum absolute atomic E-state index is 13.0. The lowest BCUT2D eigenvalue weighted by molar-refractivity contribution is 0.580. The molecule has 0 fully saturated rings. The molecule has 0 saturated heterocycles. The first-order valence-electron chi connectivity index (χ1n) is 6.25. The topological polar surface area (TPSA) is 59.1 Å². The second-order valence-electron chi connectivity index (χ2n) is 4.47. The van der Waals surface area contributed by atoms with E-state index in [9.17, 15) is 12.8 Å². The van der Waals surface area contributed by atoms with Crippen LogP contribution >= 0.6 is 22.9 Å². The summed E-state index contributed by atoms with van der Waals surface area (Å²) >= 11 is 7.20. The van der Waals surface area contributed by atoms with Crippen LogP contribution in [0.5, 0.6) is 0 Å². The van der Waals surface area contributed by atoms with Crippen LogP contribution in [0.25, 0.3) is 10.2 Å². The zero-order chi connectivity index (χ0) is 15.7. The van der Waals surface area contributed by atoms with E-state index in [1.165, 1.54) is 11.3 Å². The number of halogens is 2. The van der Waals surface area contributed by atoms with E-state index in [-0.39, 0.29) is 16.5 Å². The zero-order valence-corrected chi connectivity index (χ0v) is 13.5. The third-order valence-corrected chi connectivity index (χ3v) is 5.86. The Bertz CT molecular complexity index is 908. The van der Waals surface area contributed by atoms with Gasteiger partial charge in [-0.05, 0) is 30.3 Å². The first-order valence-corrected chi connectivity index (χ1v) is 8.93. The molecule has 0 amide bonds. The molecule has 1 N–H and O–H groups in total. The first-order chi connectivity index (χ1) is 10.5. The Hall–Kier alpha value is -1.54. The summed E-state index contributed by atoms with van der Waals surface area (Å²) < 4.78 is 40.8. The molecule has 2 aromatic carbocycles. The summed E-state index contributed by atoms with van der Waals surface area (Å²) in [5.41, 5.74) is 0.821. The van der Waals surface area contributed by atoms with Gasteiger partial charge >= 0.3 is 0 Å². The van der Waals surface area contributed by atoms with Gasteiger partial charge in [-0.2, -0.15) is 0 Å². The number of para-hydroxylation sites is 1. The highest BCUT2D eigenvalue weighted by Gasteiger charge is 2.18. The summed E-state index contributed by atoms with van der Waals surface area (Å²) in [5, 5.41) is 0.486. The van der Waals surface area contributed by atoms with Crippen molar-refractivity contribution in [2.45, 2.75) is 11.4 Å². The van der Waals surface area contributed by atoms with E-state index in [4.69, 9.17) is 11.6 Å². The molecule has 0 bridgehead atoms. The van der Waals surface area contributed by atoms with E-state index >= 15 is 0 Å². The highest BCUT2D eigenvalue weighted by Crippen LogP contribution is 2.24. The van der Waals surface area contributed by atoms with Crippen molar-refractivity contribution in [3.05, 3.63) is 58.3 Å². The minimum Gasteiger partial charge on any atom is -0.240 e. The van der Waals surface area contributed by atoms with Gasteiger partial charge < -0.3 is 0 Å². The summed E-state index contributed by atoms with van der Waals surface area (Å²) in [6.07, 6.45) is 0. The standard InChI is InChI=1S/C14H10ClFN2O2S2/c15-10-7-9(16)5-6-13(10)22(19,20)17-8-14-18-11-3-1-2-4-12(11)21-14/h1-7,17H,8H2. The second-order valence-corrected chi connectivity index (χ2v) is 7.73. The normalized spacial score (nSPS) is 11.9. The molecule has 1 heterocycles. The van der Waals surface area contributed by atoms with Crippen molar-refractivity contribution in [1.82, 2.24) is 9.71 Å². The molecule has 0 unspecified atom stereocenters. The minimum atomic E-state index is -3.83. The summed E-state index contributed by atoms with van der Waals surface area (Å²) in [6, 6.07) is 10.7. The minimum absolute atomic E-state index is 0.0510. The van der Waals surface area contributed by atoms with Crippen LogP contribution in [0.3, 0.4) is 0 Å². The number of benzene rings is 2. The van der Waals surface area contributed by atoms with E-state index in [1.54, 1.807) is 0 Å². The van der Waals surface area contributed by atoms with Crippen molar-refractivity contribution in [2.24, 2.45) is 0 Å². The molecule has 8 heteroatoms. The van der Waals surface area contributed by atoms with E-state index < -0.39 is 15.8 Å². The highest BCUT2D eigenvalue weighted by atomic mass is 35.5. The molecule has 0 spiro atoms. The molecule has 22 heavy (non-hydrogen) atoms. The molecule has 114 valence electrons. The zero-order valence-electron chi connectivity index (χ0n) is 11.1. The molecule has 0 atom stereocenters. The lowest BCUT2D eigenvalue weighted by Gasteiger charge is -2.07. The fourth-order valence-corrected chi connectivity index (χ4v) is 4.44. The maximum atomic E-state index is 13.0. The summed E-state index contributed by atoms with van der Waals surface area (Å²) in [4.78, 5) is 4.19. The summed E-state index contributed by atoms with van der Waals surface area (Å²) in [7, 11) is -3.83. The third kappa shape index (κ3) is 3.12. The average molecular weight is 357 g/mol. The lowest BCUT2D eigenvalue weighted by atomic mass is 10.3. The number of rotatable bonds is 4. The van der Waals surface area contributed by atoms with Crippen molar-refractivity contribution in [3.8, 4) is 0 Å². The molecule has 4 nitrogen and oxygen atoms in total. The largest absolute Gasteiger partial charge is 0.242 e. The fourth-order valence-electron chi connectivity index (χ4n) is 1.92. The molecule has 3 rings (SSSR count). The van der Waals surface area contributed by atoms with Crippen LogP contribution in [0, 0.1) is 5.82 Å². The van der Waals surface area contributed by atoms with Crippen LogP contribution < -0.4 is 4.72 Å². The van der Waals surface area contributed by atoms with E-state index in [0.717, 1.165) is 28.4 Å². The Labute approximate surface area is 135 Å². The Morgan fingerprint density at radius 1 is 1.23 bits per heavy atom. The van der Waals surface area contributed by atoms with Gasteiger partial charge in [-0.3, -0.25) is 0 Å². The first kappa shape index (κ1) is 15.4. The van der Waals surface area contributed by atoms with Gasteiger partial charge in [0.05, 0.1) is 21.8 Å². The van der Waals surface area contributed by atoms with Crippen LogP contribution in [0.1, 0.15) is 5.01 Å². The molecule has 1 aromatic heterocycles. The summed E-state index contributed by atoms with van der Waals surface area (Å²) in [6.45, 7) is 0.0510. The quantitative estimate of drug-likeness (QED) is 0.777. The predicted molar refractivity (Wildman–Crippen MR) is 85.1 cm³/mol. The van der Waals surface area contributed by atoms with Gasteiger partial charge in [-0.15, -0.1) is 11.3 Å². The van der Waals surface area contributed by atoms with E-state index in [2.05, 4.69) is 9.71 Å². The fraction of sp³-hybridized carbons (Fsp3) is 0.0714. The number of fused-ring (bicyclic) bond motifs is 1. The van der Waals surface area contributed by atoms with Crippen molar-refractivity contribution < 1.29 is 12.8 Å². The number of thiazole rings is 1. The van der Waals surface area contributed by atoms with Crippen molar-refractivity contribution in [3.63, 3.8) is 0 Å². The molecule has 0 aliphatic carbocycles. The maximum Gasteiger partial charge on any atom is 0.242 e. The molecular formula is C14H10ClFN2O2S2. The van der Waals surface area contributed by atoms with Crippen LogP contribution in [-0.2, 0) is 16.6 Å². The number of nitrogens with one attached hydrogen (secondary N) is 1. The van der Waals surface area contributed by atoms with Crippen LogP contribution in [0.2, 0.25) is 5.02 Å². The summed E-state index contributed by atoms with van der Waals surface area (Å²) in [5.74, 6) is -0.588. The number of aromatic nitrogens is 1. The van der Waals surface area contributed by atoms with Crippen molar-refractivity contribution in [1.29, 1.82) is 0 Å². The van der Waals surface area contributed by atoms with E-state index in [1.807, 2.05) is 24.3 Å². The van der Waals surface area contributed by atoms with Crippen LogP contribution in [0.15, 0.2) is 47.4 Å². The monoisotopic (exact) mass is 356 g/mol. The van der Waals surface area contributed by atoms with E-state index in [0.29, 0.717) is 5.01 Å². The van der Waals surface area contributed by atoms with Gasteiger partial charge in [0.15, 0.2) is 0 Å². The van der Waals surface area contributed by atoms with Gasteiger partial charge in [-0.25, -0.2) is 22.5 Å². The van der Waals surface area contributed by atoms with Gasteiger partial charge in [0, 0.05) is 0 Å². The Balaban J connectivity index is 1.82. The molecule has 0 aliphatic heterocycles. The number of hydrogen-bond acceptors (Lipinski definition) is 4. The Kier molecular flexibility index (Phi) is 4.14. The predicted octanol–water partition coefficient (Wildman–Crippen LogP) is 3.57. The van der Waals surface area contributed by atoms with Crippen LogP contribution in [-0.4, -0.2) is 13.4 Å².